The molecule has 0 aromatic carbocycles. The molecule has 1 aliphatic rings. The van der Waals surface area contributed by atoms with Gasteiger partial charge in [-0.2, -0.15) is 0 Å². The third kappa shape index (κ3) is 3.25. The van der Waals surface area contributed by atoms with E-state index in [0.29, 0.717) is 11.3 Å². The van der Waals surface area contributed by atoms with E-state index in [-0.39, 0.29) is 6.04 Å². The molecule has 1 aliphatic heterocycles. The number of H-pyrrole nitrogens is 1. The zero-order chi connectivity index (χ0) is 17.5. The second-order valence-electron chi connectivity index (χ2n) is 6.66. The highest BCUT2D eigenvalue weighted by atomic mass is 79.9. The van der Waals surface area contributed by atoms with Crippen molar-refractivity contribution >= 4 is 44.2 Å². The molecular weight excluding hydrogens is 377 g/mol. The van der Waals surface area contributed by atoms with Crippen molar-refractivity contribution in [2.24, 2.45) is 5.73 Å². The van der Waals surface area contributed by atoms with Crippen LogP contribution in [-0.2, 0) is 4.79 Å². The summed E-state index contributed by atoms with van der Waals surface area (Å²) in [6, 6.07) is 0.107. The van der Waals surface area contributed by atoms with Crippen molar-refractivity contribution in [3.05, 3.63) is 16.9 Å². The molecule has 0 saturated carbocycles. The van der Waals surface area contributed by atoms with Crippen LogP contribution in [0.5, 0.6) is 0 Å². The number of pyridine rings is 1. The normalized spacial score (nSPS) is 18.9. The number of nitrogens with zero attached hydrogens (tertiary/aromatic N) is 2. The maximum absolute atomic E-state index is 13.9. The van der Waals surface area contributed by atoms with E-state index < -0.39 is 11.6 Å². The zero-order valence-electron chi connectivity index (χ0n) is 13.7. The Bertz CT molecular complexity index is 770. The molecule has 6 nitrogen and oxygen atoms in total. The minimum Gasteiger partial charge on any atom is -0.368 e. The Morgan fingerprint density at radius 1 is 1.58 bits per heavy atom. The average Bonchev–Trinajstić information content (AvgIpc) is 2.89. The van der Waals surface area contributed by atoms with Crippen LogP contribution in [0.15, 0.2) is 16.9 Å². The summed E-state index contributed by atoms with van der Waals surface area (Å²) in [6.07, 6.45) is 5.36. The highest BCUT2D eigenvalue weighted by molar-refractivity contribution is 9.10. The van der Waals surface area contributed by atoms with Crippen molar-refractivity contribution in [2.45, 2.75) is 38.4 Å². The minimum atomic E-state index is -1.96. The number of alkyl halides is 1. The van der Waals surface area contributed by atoms with Crippen LogP contribution in [0.4, 0.5) is 15.8 Å². The van der Waals surface area contributed by atoms with E-state index >= 15 is 0 Å². The summed E-state index contributed by atoms with van der Waals surface area (Å²) in [5, 5.41) is 3.42. The molecule has 0 unspecified atom stereocenters. The van der Waals surface area contributed by atoms with Crippen LogP contribution in [0.1, 0.15) is 26.7 Å². The number of nitrogens with two attached hydrogens (primary N) is 1. The number of carbonyl (C=O) groups is 1. The van der Waals surface area contributed by atoms with Crippen molar-refractivity contribution in [3.8, 4) is 0 Å². The molecule has 0 aliphatic carbocycles. The number of nitrogens with one attached hydrogen (secondary N) is 2. The summed E-state index contributed by atoms with van der Waals surface area (Å²) in [7, 11) is 0. The van der Waals surface area contributed by atoms with Crippen molar-refractivity contribution in [1.82, 2.24) is 9.97 Å². The monoisotopic (exact) mass is 397 g/mol. The van der Waals surface area contributed by atoms with Gasteiger partial charge < -0.3 is 20.9 Å². The standard InChI is InChI=1S/C16H21BrFN5O/c1-16(2,18)15(24)22-11-7-21-14-12(11)13(10(17)6-20-14)23-5-3-4-9(19)8-23/h6-7,9H,3-5,8,19H2,1-2H3,(H,20,21)(H,22,24)/t9-/m1/s1. The smallest absolute Gasteiger partial charge is 0.261 e. The Hall–Kier alpha value is -1.67. The first-order valence-corrected chi connectivity index (χ1v) is 8.73. The van der Waals surface area contributed by atoms with Gasteiger partial charge in [-0.3, -0.25) is 4.79 Å². The topological polar surface area (TPSA) is 87.0 Å². The Balaban J connectivity index is 2.06. The van der Waals surface area contributed by atoms with Crippen LogP contribution in [-0.4, -0.2) is 40.7 Å². The van der Waals surface area contributed by atoms with Crippen LogP contribution >= 0.6 is 15.9 Å². The molecule has 130 valence electrons. The number of fused-ring (bicyclic) bond motifs is 1. The Kier molecular flexibility index (Phi) is 4.52. The lowest BCUT2D eigenvalue weighted by molar-refractivity contribution is -0.125. The summed E-state index contributed by atoms with van der Waals surface area (Å²) in [5.41, 5.74) is 6.22. The summed E-state index contributed by atoms with van der Waals surface area (Å²) in [4.78, 5) is 21.6. The van der Waals surface area contributed by atoms with Gasteiger partial charge in [0.05, 0.1) is 21.2 Å². The summed E-state index contributed by atoms with van der Waals surface area (Å²) >= 11 is 3.55. The van der Waals surface area contributed by atoms with Gasteiger partial charge in [0.15, 0.2) is 5.67 Å². The van der Waals surface area contributed by atoms with Gasteiger partial charge >= 0.3 is 0 Å². The number of hydrogen-bond donors (Lipinski definition) is 3. The van der Waals surface area contributed by atoms with Gasteiger partial charge in [0.25, 0.3) is 5.91 Å². The summed E-state index contributed by atoms with van der Waals surface area (Å²) in [6.45, 7) is 4.06. The van der Waals surface area contributed by atoms with Crippen LogP contribution in [0.25, 0.3) is 11.0 Å². The number of aromatic nitrogens is 2. The predicted molar refractivity (Wildman–Crippen MR) is 97.0 cm³/mol. The third-order valence-corrected chi connectivity index (χ3v) is 4.77. The van der Waals surface area contributed by atoms with Crippen LogP contribution in [0.2, 0.25) is 0 Å². The van der Waals surface area contributed by atoms with E-state index in [2.05, 4.69) is 36.1 Å². The lowest BCUT2D eigenvalue weighted by Crippen LogP contribution is -2.43. The number of amides is 1. The molecular formula is C16H21BrFN5O. The number of hydrogen-bond acceptors (Lipinski definition) is 4. The van der Waals surface area contributed by atoms with Crippen molar-refractivity contribution in [1.29, 1.82) is 0 Å². The highest BCUT2D eigenvalue weighted by Gasteiger charge is 2.29. The Labute approximate surface area is 148 Å². The number of aromatic amines is 1. The minimum absolute atomic E-state index is 0.107. The first-order chi connectivity index (χ1) is 11.3. The molecule has 2 aromatic heterocycles. The first kappa shape index (κ1) is 17.2. The quantitative estimate of drug-likeness (QED) is 0.742. The molecule has 0 bridgehead atoms. The maximum atomic E-state index is 13.9. The average molecular weight is 398 g/mol. The largest absolute Gasteiger partial charge is 0.368 e. The van der Waals surface area contributed by atoms with E-state index in [0.717, 1.165) is 41.5 Å². The number of carbonyl (C=O) groups excluding carboxylic acids is 1. The number of anilines is 2. The maximum Gasteiger partial charge on any atom is 0.261 e. The molecule has 1 saturated heterocycles. The molecule has 1 fully saturated rings. The number of piperidine rings is 1. The molecule has 24 heavy (non-hydrogen) atoms. The second kappa shape index (κ2) is 6.33. The van der Waals surface area contributed by atoms with Gasteiger partial charge in [0.1, 0.15) is 5.65 Å². The van der Waals surface area contributed by atoms with E-state index in [1.807, 2.05) is 0 Å². The van der Waals surface area contributed by atoms with Gasteiger partial charge in [-0.25, -0.2) is 9.37 Å². The Morgan fingerprint density at radius 3 is 3.00 bits per heavy atom. The SMILES string of the molecule is CC(C)(F)C(=O)Nc1c[nH]c2ncc(Br)c(N3CCC[C@@H](N)C3)c12. The second-order valence-corrected chi connectivity index (χ2v) is 7.51. The lowest BCUT2D eigenvalue weighted by Gasteiger charge is -2.33. The molecule has 2 aromatic rings. The van der Waals surface area contributed by atoms with Crippen molar-refractivity contribution < 1.29 is 9.18 Å². The summed E-state index contributed by atoms with van der Waals surface area (Å²) in [5.74, 6) is -0.690. The van der Waals surface area contributed by atoms with Crippen LogP contribution in [0, 0.1) is 0 Å². The number of halogens is 2. The van der Waals surface area contributed by atoms with Crippen LogP contribution < -0.4 is 16.0 Å². The summed E-state index contributed by atoms with van der Waals surface area (Å²) < 4.78 is 14.7. The molecule has 1 amide bonds. The predicted octanol–water partition coefficient (Wildman–Crippen LogP) is 2.94. The van der Waals surface area contributed by atoms with E-state index in [1.54, 1.807) is 12.4 Å². The third-order valence-electron chi connectivity index (χ3n) is 4.19. The number of rotatable bonds is 3. The van der Waals surface area contributed by atoms with Gasteiger partial charge in [0.2, 0.25) is 0 Å². The lowest BCUT2D eigenvalue weighted by atomic mass is 10.1. The van der Waals surface area contributed by atoms with Gasteiger partial charge in [0, 0.05) is 31.5 Å². The fourth-order valence-corrected chi connectivity index (χ4v) is 3.50. The van der Waals surface area contributed by atoms with Crippen molar-refractivity contribution in [3.63, 3.8) is 0 Å². The fraction of sp³-hybridized carbons (Fsp3) is 0.500. The first-order valence-electron chi connectivity index (χ1n) is 7.94. The van der Waals surface area contributed by atoms with E-state index in [4.69, 9.17) is 5.73 Å². The van der Waals surface area contributed by atoms with E-state index in [1.165, 1.54) is 13.8 Å². The van der Waals surface area contributed by atoms with Gasteiger partial charge in [-0.1, -0.05) is 0 Å². The highest BCUT2D eigenvalue weighted by Crippen LogP contribution is 2.39. The van der Waals surface area contributed by atoms with E-state index in [9.17, 15) is 9.18 Å². The van der Waals surface area contributed by atoms with Crippen molar-refractivity contribution in [2.75, 3.05) is 23.3 Å². The molecule has 1 atom stereocenters. The van der Waals surface area contributed by atoms with Gasteiger partial charge in [-0.05, 0) is 42.6 Å². The molecule has 8 heteroatoms. The molecule has 3 heterocycles. The van der Waals surface area contributed by atoms with Gasteiger partial charge in [-0.15, -0.1) is 0 Å². The molecule has 4 N–H and O–H groups in total. The molecule has 0 radical (unpaired) electrons. The molecule has 3 rings (SSSR count). The zero-order valence-corrected chi connectivity index (χ0v) is 15.3. The molecule has 0 spiro atoms. The fourth-order valence-electron chi connectivity index (χ4n) is 2.95. The Morgan fingerprint density at radius 2 is 2.33 bits per heavy atom. The van der Waals surface area contributed by atoms with Crippen LogP contribution in [0.3, 0.4) is 0 Å².